The second-order valence-electron chi connectivity index (χ2n) is 7.81. The molecule has 0 aliphatic heterocycles. The van der Waals surface area contributed by atoms with Crippen molar-refractivity contribution in [3.05, 3.63) is 105 Å². The van der Waals surface area contributed by atoms with Crippen molar-refractivity contribution in [2.24, 2.45) is 5.73 Å². The molecule has 4 rings (SSSR count). The van der Waals surface area contributed by atoms with Crippen LogP contribution in [0.5, 0.6) is 0 Å². The Labute approximate surface area is 214 Å². The molecular weight excluding hydrogens is 501 g/mol. The summed E-state index contributed by atoms with van der Waals surface area (Å²) in [5.74, 6) is -2.40. The smallest absolute Gasteiger partial charge is 0.270 e. The topological polar surface area (TPSA) is 131 Å². The number of carbonyl (C=O) groups is 3. The maximum atomic E-state index is 13.8. The molecule has 2 aromatic carbocycles. The van der Waals surface area contributed by atoms with Gasteiger partial charge >= 0.3 is 0 Å². The van der Waals surface area contributed by atoms with Crippen LogP contribution in [0.1, 0.15) is 42.2 Å². The van der Waals surface area contributed by atoms with E-state index in [1.165, 1.54) is 40.5 Å². The van der Waals surface area contributed by atoms with Gasteiger partial charge in [-0.25, -0.2) is 4.39 Å². The highest BCUT2D eigenvalue weighted by atomic mass is 32.1. The molecule has 0 saturated carbocycles. The van der Waals surface area contributed by atoms with E-state index in [4.69, 9.17) is 11.5 Å². The van der Waals surface area contributed by atoms with Gasteiger partial charge in [0.15, 0.2) is 5.69 Å². The van der Waals surface area contributed by atoms with Gasteiger partial charge in [0.05, 0.1) is 12.2 Å². The number of nitrogen functional groups attached to an aromatic ring is 1. The summed E-state index contributed by atoms with van der Waals surface area (Å²) in [7, 11) is 0. The van der Waals surface area contributed by atoms with E-state index in [0.717, 1.165) is 22.0 Å². The van der Waals surface area contributed by atoms with Crippen LogP contribution in [-0.4, -0.2) is 27.0 Å². The average molecular weight is 524 g/mol. The van der Waals surface area contributed by atoms with Crippen LogP contribution in [0.15, 0.2) is 72.1 Å². The van der Waals surface area contributed by atoms with Crippen LogP contribution in [0.3, 0.4) is 0 Å². The standard InChI is InChI=1S/C25H22FN5O3S2/c26-17-10-8-16(9-11-17)21(24(33)29-13-15-5-2-1-3-6-15)31(14-18-7-4-12-35-18)25(34)22-19(27)20(23(28)32)30-36-22/h1-12,21H,13-14,27H2,(H2,28,32)(H,29,33)/t21-/m1/s1. The lowest BCUT2D eigenvalue weighted by Gasteiger charge is -2.31. The van der Waals surface area contributed by atoms with Crippen molar-refractivity contribution >= 4 is 46.3 Å². The fourth-order valence-electron chi connectivity index (χ4n) is 3.61. The first kappa shape index (κ1) is 25.0. The van der Waals surface area contributed by atoms with Gasteiger partial charge in [-0.15, -0.1) is 11.3 Å². The predicted molar refractivity (Wildman–Crippen MR) is 137 cm³/mol. The number of nitrogens with one attached hydrogen (secondary N) is 1. The van der Waals surface area contributed by atoms with Crippen LogP contribution in [0.25, 0.3) is 0 Å². The van der Waals surface area contributed by atoms with Crippen molar-refractivity contribution in [3.8, 4) is 0 Å². The van der Waals surface area contributed by atoms with Crippen LogP contribution < -0.4 is 16.8 Å². The van der Waals surface area contributed by atoms with E-state index >= 15 is 0 Å². The number of hydrogen-bond donors (Lipinski definition) is 3. The van der Waals surface area contributed by atoms with Gasteiger partial charge in [-0.05, 0) is 46.2 Å². The van der Waals surface area contributed by atoms with Gasteiger partial charge in [-0.2, -0.15) is 4.37 Å². The number of primary amides is 1. The zero-order chi connectivity index (χ0) is 25.7. The molecule has 0 radical (unpaired) electrons. The average Bonchev–Trinajstić information content (AvgIpc) is 3.53. The van der Waals surface area contributed by atoms with Crippen molar-refractivity contribution < 1.29 is 18.8 Å². The van der Waals surface area contributed by atoms with Gasteiger partial charge in [0, 0.05) is 11.4 Å². The molecule has 36 heavy (non-hydrogen) atoms. The van der Waals surface area contributed by atoms with Crippen molar-refractivity contribution in [1.82, 2.24) is 14.6 Å². The van der Waals surface area contributed by atoms with Crippen molar-refractivity contribution in [3.63, 3.8) is 0 Å². The molecule has 0 aliphatic rings. The Bertz CT molecular complexity index is 1360. The Morgan fingerprint density at radius 3 is 2.36 bits per heavy atom. The van der Waals surface area contributed by atoms with Crippen LogP contribution in [0, 0.1) is 5.82 Å². The predicted octanol–water partition coefficient (Wildman–Crippen LogP) is 3.72. The quantitative estimate of drug-likeness (QED) is 0.308. The van der Waals surface area contributed by atoms with E-state index in [1.54, 1.807) is 0 Å². The maximum absolute atomic E-state index is 13.8. The minimum Gasteiger partial charge on any atom is -0.395 e. The van der Waals surface area contributed by atoms with Crippen LogP contribution in [0.4, 0.5) is 10.1 Å². The molecule has 8 nitrogen and oxygen atoms in total. The summed E-state index contributed by atoms with van der Waals surface area (Å²) < 4.78 is 17.7. The van der Waals surface area contributed by atoms with E-state index in [2.05, 4.69) is 9.69 Å². The number of carbonyl (C=O) groups excluding carboxylic acids is 3. The minimum atomic E-state index is -1.12. The molecule has 11 heteroatoms. The molecule has 184 valence electrons. The number of thiophene rings is 1. The van der Waals surface area contributed by atoms with Gasteiger partial charge < -0.3 is 21.7 Å². The van der Waals surface area contributed by atoms with Gasteiger partial charge in [-0.1, -0.05) is 48.5 Å². The lowest BCUT2D eigenvalue weighted by atomic mass is 10.0. The first-order valence-corrected chi connectivity index (χ1v) is 12.5. The Morgan fingerprint density at radius 1 is 1.03 bits per heavy atom. The van der Waals surface area contributed by atoms with Crippen molar-refractivity contribution in [2.75, 3.05) is 5.73 Å². The van der Waals surface area contributed by atoms with Crippen molar-refractivity contribution in [1.29, 1.82) is 0 Å². The zero-order valence-electron chi connectivity index (χ0n) is 18.9. The monoisotopic (exact) mass is 523 g/mol. The Kier molecular flexibility index (Phi) is 7.71. The molecule has 0 fully saturated rings. The fourth-order valence-corrected chi connectivity index (χ4v) is 5.07. The molecule has 1 atom stereocenters. The first-order valence-electron chi connectivity index (χ1n) is 10.8. The first-order chi connectivity index (χ1) is 17.3. The van der Waals surface area contributed by atoms with E-state index in [-0.39, 0.29) is 29.3 Å². The number of aromatic nitrogens is 1. The van der Waals surface area contributed by atoms with Crippen LogP contribution in [0.2, 0.25) is 0 Å². The summed E-state index contributed by atoms with van der Waals surface area (Å²) in [6, 6.07) is 17.2. The molecular formula is C25H22FN5O3S2. The highest BCUT2D eigenvalue weighted by Gasteiger charge is 2.35. The summed E-state index contributed by atoms with van der Waals surface area (Å²) in [5, 5.41) is 4.73. The molecule has 0 unspecified atom stereocenters. The largest absolute Gasteiger partial charge is 0.395 e. The van der Waals surface area contributed by atoms with Gasteiger partial charge in [-0.3, -0.25) is 14.4 Å². The molecule has 4 aromatic rings. The normalized spacial score (nSPS) is 11.6. The molecule has 0 aliphatic carbocycles. The number of halogens is 1. The van der Waals surface area contributed by atoms with E-state index < -0.39 is 29.6 Å². The minimum absolute atomic E-state index is 0.0108. The maximum Gasteiger partial charge on any atom is 0.270 e. The summed E-state index contributed by atoms with van der Waals surface area (Å²) in [6.07, 6.45) is 0. The number of anilines is 1. The Balaban J connectivity index is 1.75. The number of amides is 3. The third kappa shape index (κ3) is 5.58. The third-order valence-corrected chi connectivity index (χ3v) is 7.09. The summed E-state index contributed by atoms with van der Waals surface area (Å²) in [5.41, 5.74) is 12.3. The number of benzene rings is 2. The van der Waals surface area contributed by atoms with E-state index in [9.17, 15) is 18.8 Å². The zero-order valence-corrected chi connectivity index (χ0v) is 20.5. The number of hydrogen-bond acceptors (Lipinski definition) is 7. The highest BCUT2D eigenvalue weighted by Crippen LogP contribution is 2.31. The SMILES string of the molecule is NC(=O)c1nsc(C(=O)N(Cc2cccs2)[C@@H](C(=O)NCc2ccccc2)c2ccc(F)cc2)c1N. The molecule has 2 aromatic heterocycles. The summed E-state index contributed by atoms with van der Waals surface area (Å²) >= 11 is 2.15. The molecule has 2 heterocycles. The van der Waals surface area contributed by atoms with Gasteiger partial charge in [0.2, 0.25) is 5.91 Å². The van der Waals surface area contributed by atoms with Crippen LogP contribution in [-0.2, 0) is 17.9 Å². The molecule has 0 saturated heterocycles. The Morgan fingerprint density at radius 2 is 1.75 bits per heavy atom. The Hall–Kier alpha value is -4.09. The molecule has 5 N–H and O–H groups in total. The fraction of sp³-hybridized carbons (Fsp3) is 0.120. The third-order valence-electron chi connectivity index (χ3n) is 5.38. The molecule has 0 bridgehead atoms. The van der Waals surface area contributed by atoms with E-state index in [0.29, 0.717) is 5.56 Å². The summed E-state index contributed by atoms with van der Waals surface area (Å²) in [6.45, 7) is 0.299. The van der Waals surface area contributed by atoms with E-state index in [1.807, 2.05) is 47.8 Å². The second-order valence-corrected chi connectivity index (χ2v) is 9.61. The lowest BCUT2D eigenvalue weighted by Crippen LogP contribution is -2.43. The van der Waals surface area contributed by atoms with Crippen molar-refractivity contribution in [2.45, 2.75) is 19.1 Å². The molecule has 0 spiro atoms. The molecule has 3 amide bonds. The van der Waals surface area contributed by atoms with Gasteiger partial charge in [0.25, 0.3) is 11.8 Å². The number of nitrogens with zero attached hydrogens (tertiary/aromatic N) is 2. The number of rotatable bonds is 9. The second kappa shape index (κ2) is 11.1. The lowest BCUT2D eigenvalue weighted by molar-refractivity contribution is -0.126. The highest BCUT2D eigenvalue weighted by molar-refractivity contribution is 7.10. The summed E-state index contributed by atoms with van der Waals surface area (Å²) in [4.78, 5) is 41.2. The van der Waals surface area contributed by atoms with Gasteiger partial charge in [0.1, 0.15) is 16.7 Å². The van der Waals surface area contributed by atoms with Crippen LogP contribution >= 0.6 is 22.9 Å². The number of nitrogens with two attached hydrogens (primary N) is 2.